The first-order chi connectivity index (χ1) is 8.60. The minimum absolute atomic E-state index is 0.0906. The molecule has 1 fully saturated rings. The third kappa shape index (κ3) is 3.01. The molecule has 0 aromatic heterocycles. The standard InChI is InChI=1S/C14H16ClFN2/c1-10-5-13(15)12(6-14(10)16)9-18-4-2-3-11(7-17)8-18/h5-6,11H,2-4,8-9H2,1H3. The Hall–Kier alpha value is -1.11. The minimum Gasteiger partial charge on any atom is -0.298 e. The summed E-state index contributed by atoms with van der Waals surface area (Å²) in [6.07, 6.45) is 1.98. The number of rotatable bonds is 2. The molecule has 1 aliphatic rings. The van der Waals surface area contributed by atoms with Crippen LogP contribution in [0.2, 0.25) is 5.02 Å². The predicted molar refractivity (Wildman–Crippen MR) is 69.8 cm³/mol. The van der Waals surface area contributed by atoms with Gasteiger partial charge in [-0.05, 0) is 49.6 Å². The van der Waals surface area contributed by atoms with E-state index >= 15 is 0 Å². The third-order valence-electron chi connectivity index (χ3n) is 3.41. The van der Waals surface area contributed by atoms with Crippen LogP contribution in [0, 0.1) is 30.0 Å². The van der Waals surface area contributed by atoms with Crippen molar-refractivity contribution in [3.05, 3.63) is 34.1 Å². The maximum Gasteiger partial charge on any atom is 0.126 e. The number of likely N-dealkylation sites (tertiary alicyclic amines) is 1. The highest BCUT2D eigenvalue weighted by Crippen LogP contribution is 2.24. The Balaban J connectivity index is 2.10. The monoisotopic (exact) mass is 266 g/mol. The smallest absolute Gasteiger partial charge is 0.126 e. The van der Waals surface area contributed by atoms with Crippen LogP contribution in [0.3, 0.4) is 0 Å². The fourth-order valence-electron chi connectivity index (χ4n) is 2.35. The lowest BCUT2D eigenvalue weighted by Gasteiger charge is -2.29. The average Bonchev–Trinajstić information content (AvgIpc) is 2.36. The lowest BCUT2D eigenvalue weighted by Crippen LogP contribution is -2.34. The molecule has 1 saturated heterocycles. The summed E-state index contributed by atoms with van der Waals surface area (Å²) >= 11 is 6.13. The van der Waals surface area contributed by atoms with Gasteiger partial charge in [0, 0.05) is 18.1 Å². The minimum atomic E-state index is -0.219. The summed E-state index contributed by atoms with van der Waals surface area (Å²) in [5, 5.41) is 9.55. The van der Waals surface area contributed by atoms with Crippen molar-refractivity contribution in [3.8, 4) is 6.07 Å². The van der Waals surface area contributed by atoms with Gasteiger partial charge in [0.05, 0.1) is 12.0 Å². The molecule has 0 N–H and O–H groups in total. The number of halogens is 2. The van der Waals surface area contributed by atoms with Gasteiger partial charge in [0.15, 0.2) is 0 Å². The van der Waals surface area contributed by atoms with Gasteiger partial charge in [-0.2, -0.15) is 5.26 Å². The highest BCUT2D eigenvalue weighted by molar-refractivity contribution is 6.31. The summed E-state index contributed by atoms with van der Waals surface area (Å²) in [4.78, 5) is 2.17. The maximum absolute atomic E-state index is 13.5. The molecular weight excluding hydrogens is 251 g/mol. The van der Waals surface area contributed by atoms with Crippen LogP contribution in [0.1, 0.15) is 24.0 Å². The van der Waals surface area contributed by atoms with E-state index in [2.05, 4.69) is 11.0 Å². The van der Waals surface area contributed by atoms with Crippen molar-refractivity contribution in [3.63, 3.8) is 0 Å². The van der Waals surface area contributed by atoms with Gasteiger partial charge in [-0.1, -0.05) is 11.6 Å². The number of hydrogen-bond donors (Lipinski definition) is 0. The molecule has 1 atom stereocenters. The topological polar surface area (TPSA) is 27.0 Å². The van der Waals surface area contributed by atoms with Crippen LogP contribution in [0.15, 0.2) is 12.1 Å². The lowest BCUT2D eigenvalue weighted by atomic mass is 9.99. The second-order valence-corrected chi connectivity index (χ2v) is 5.30. The van der Waals surface area contributed by atoms with Crippen LogP contribution in [-0.4, -0.2) is 18.0 Å². The molecular formula is C14H16ClFN2. The molecule has 0 saturated carbocycles. The Morgan fingerprint density at radius 1 is 1.56 bits per heavy atom. The molecule has 96 valence electrons. The number of nitrogens with zero attached hydrogens (tertiary/aromatic N) is 2. The predicted octanol–water partition coefficient (Wildman–Crippen LogP) is 3.52. The lowest BCUT2D eigenvalue weighted by molar-refractivity contribution is 0.192. The van der Waals surface area contributed by atoms with E-state index in [-0.39, 0.29) is 11.7 Å². The van der Waals surface area contributed by atoms with Gasteiger partial charge in [0.1, 0.15) is 5.82 Å². The van der Waals surface area contributed by atoms with Crippen LogP contribution in [0.25, 0.3) is 0 Å². The molecule has 0 aliphatic carbocycles. The molecule has 0 spiro atoms. The molecule has 4 heteroatoms. The highest BCUT2D eigenvalue weighted by Gasteiger charge is 2.20. The fourth-order valence-corrected chi connectivity index (χ4v) is 2.63. The van der Waals surface area contributed by atoms with Crippen molar-refractivity contribution < 1.29 is 4.39 Å². The van der Waals surface area contributed by atoms with Gasteiger partial charge in [0.25, 0.3) is 0 Å². The molecule has 0 amide bonds. The normalized spacial score (nSPS) is 20.7. The average molecular weight is 267 g/mol. The number of hydrogen-bond acceptors (Lipinski definition) is 2. The van der Waals surface area contributed by atoms with E-state index < -0.39 is 0 Å². The first-order valence-corrected chi connectivity index (χ1v) is 6.54. The Morgan fingerprint density at radius 3 is 3.06 bits per heavy atom. The van der Waals surface area contributed by atoms with Crippen LogP contribution in [0.5, 0.6) is 0 Å². The largest absolute Gasteiger partial charge is 0.298 e. The van der Waals surface area contributed by atoms with E-state index in [0.717, 1.165) is 31.5 Å². The van der Waals surface area contributed by atoms with E-state index in [1.165, 1.54) is 6.07 Å². The summed E-state index contributed by atoms with van der Waals surface area (Å²) in [6, 6.07) is 5.48. The van der Waals surface area contributed by atoms with Crippen LogP contribution in [-0.2, 0) is 6.54 Å². The molecule has 1 aromatic rings. The van der Waals surface area contributed by atoms with Crippen LogP contribution in [0.4, 0.5) is 4.39 Å². The molecule has 1 aromatic carbocycles. The Labute approximate surface area is 112 Å². The summed E-state index contributed by atoms with van der Waals surface area (Å²) in [5.41, 5.74) is 1.37. The third-order valence-corrected chi connectivity index (χ3v) is 3.76. The maximum atomic E-state index is 13.5. The molecule has 1 aliphatic heterocycles. The number of benzene rings is 1. The van der Waals surface area contributed by atoms with Gasteiger partial charge in [-0.25, -0.2) is 4.39 Å². The molecule has 1 unspecified atom stereocenters. The summed E-state index contributed by atoms with van der Waals surface area (Å²) < 4.78 is 13.5. The van der Waals surface area contributed by atoms with E-state index in [1.54, 1.807) is 13.0 Å². The second kappa shape index (κ2) is 5.69. The van der Waals surface area contributed by atoms with E-state index in [4.69, 9.17) is 16.9 Å². The summed E-state index contributed by atoms with van der Waals surface area (Å²) in [6.45, 7) is 4.03. The molecule has 2 rings (SSSR count). The molecule has 18 heavy (non-hydrogen) atoms. The highest BCUT2D eigenvalue weighted by atomic mass is 35.5. The second-order valence-electron chi connectivity index (χ2n) is 4.90. The first-order valence-electron chi connectivity index (χ1n) is 6.16. The van der Waals surface area contributed by atoms with Gasteiger partial charge in [0.2, 0.25) is 0 Å². The number of aryl methyl sites for hydroxylation is 1. The Kier molecular flexibility index (Phi) is 4.21. The fraction of sp³-hybridized carbons (Fsp3) is 0.500. The van der Waals surface area contributed by atoms with Gasteiger partial charge in [-0.15, -0.1) is 0 Å². The number of nitriles is 1. The van der Waals surface area contributed by atoms with E-state index in [0.29, 0.717) is 17.1 Å². The number of piperidine rings is 1. The van der Waals surface area contributed by atoms with E-state index in [9.17, 15) is 4.39 Å². The Morgan fingerprint density at radius 2 is 2.33 bits per heavy atom. The SMILES string of the molecule is Cc1cc(Cl)c(CN2CCCC(C#N)C2)cc1F. The molecule has 0 radical (unpaired) electrons. The molecule has 2 nitrogen and oxygen atoms in total. The Bertz CT molecular complexity index is 481. The first kappa shape index (κ1) is 13.3. The zero-order chi connectivity index (χ0) is 13.1. The van der Waals surface area contributed by atoms with Crippen molar-refractivity contribution in [2.45, 2.75) is 26.3 Å². The zero-order valence-electron chi connectivity index (χ0n) is 10.4. The van der Waals surface area contributed by atoms with Crippen LogP contribution < -0.4 is 0 Å². The van der Waals surface area contributed by atoms with E-state index in [1.807, 2.05) is 0 Å². The van der Waals surface area contributed by atoms with Gasteiger partial charge < -0.3 is 0 Å². The van der Waals surface area contributed by atoms with Crippen molar-refractivity contribution in [1.29, 1.82) is 5.26 Å². The quantitative estimate of drug-likeness (QED) is 0.819. The summed E-state index contributed by atoms with van der Waals surface area (Å²) in [5.74, 6) is -0.129. The van der Waals surface area contributed by atoms with Gasteiger partial charge in [-0.3, -0.25) is 4.90 Å². The van der Waals surface area contributed by atoms with Crippen molar-refractivity contribution in [2.75, 3.05) is 13.1 Å². The molecule has 1 heterocycles. The van der Waals surface area contributed by atoms with Crippen molar-refractivity contribution in [2.24, 2.45) is 5.92 Å². The summed E-state index contributed by atoms with van der Waals surface area (Å²) in [7, 11) is 0. The zero-order valence-corrected chi connectivity index (χ0v) is 11.2. The van der Waals surface area contributed by atoms with Crippen LogP contribution >= 0.6 is 11.6 Å². The van der Waals surface area contributed by atoms with Crippen molar-refractivity contribution >= 4 is 11.6 Å². The van der Waals surface area contributed by atoms with Crippen molar-refractivity contribution in [1.82, 2.24) is 4.90 Å². The molecule has 0 bridgehead atoms. The van der Waals surface area contributed by atoms with Gasteiger partial charge >= 0.3 is 0 Å².